The molecule has 0 unspecified atom stereocenters. The van der Waals surface area contributed by atoms with Gasteiger partial charge in [0.15, 0.2) is 5.96 Å². The first-order chi connectivity index (χ1) is 13.7. The van der Waals surface area contributed by atoms with Gasteiger partial charge < -0.3 is 14.8 Å². The van der Waals surface area contributed by atoms with E-state index in [1.165, 1.54) is 11.1 Å². The summed E-state index contributed by atoms with van der Waals surface area (Å²) in [6.45, 7) is 2.37. The van der Waals surface area contributed by atoms with E-state index < -0.39 is 0 Å². The Morgan fingerprint density at radius 3 is 2.52 bits per heavy atom. The summed E-state index contributed by atoms with van der Waals surface area (Å²) in [6.07, 6.45) is 4.72. The lowest BCUT2D eigenvalue weighted by molar-refractivity contribution is 0.476. The quantitative estimate of drug-likeness (QED) is 0.283. The van der Waals surface area contributed by atoms with E-state index in [0.29, 0.717) is 0 Å². The van der Waals surface area contributed by atoms with Crippen molar-refractivity contribution >= 4 is 41.5 Å². The van der Waals surface area contributed by atoms with Crippen LogP contribution in [0.1, 0.15) is 17.0 Å². The molecule has 2 aromatic carbocycles. The Labute approximate surface area is 194 Å². The first kappa shape index (κ1) is 23.2. The second kappa shape index (κ2) is 11.8. The van der Waals surface area contributed by atoms with Gasteiger partial charge in [-0.2, -0.15) is 0 Å². The first-order valence-electron chi connectivity index (χ1n) is 9.36. The van der Waals surface area contributed by atoms with Crippen molar-refractivity contribution in [2.75, 3.05) is 20.6 Å². The molecule has 0 aliphatic heterocycles. The average molecular weight is 524 g/mol. The normalized spacial score (nSPS) is 11.1. The second-order valence-corrected chi connectivity index (χ2v) is 7.10. The van der Waals surface area contributed by atoms with Gasteiger partial charge in [0, 0.05) is 57.6 Å². The predicted octanol–water partition coefficient (Wildman–Crippen LogP) is 4.45. The molecule has 0 amide bonds. The van der Waals surface area contributed by atoms with E-state index in [4.69, 9.17) is 11.6 Å². The van der Waals surface area contributed by atoms with Gasteiger partial charge in [-0.1, -0.05) is 54.1 Å². The molecule has 0 fully saturated rings. The van der Waals surface area contributed by atoms with Crippen LogP contribution in [0, 0.1) is 0 Å². The van der Waals surface area contributed by atoms with Crippen molar-refractivity contribution in [2.24, 2.45) is 4.99 Å². The van der Waals surface area contributed by atoms with E-state index in [2.05, 4.69) is 49.0 Å². The van der Waals surface area contributed by atoms with Gasteiger partial charge in [-0.3, -0.25) is 4.99 Å². The molecule has 1 N–H and O–H groups in total. The number of aromatic nitrogens is 2. The number of aliphatic imine (C=N–C) groups is 1. The molecular weight excluding hydrogens is 497 g/mol. The van der Waals surface area contributed by atoms with Crippen LogP contribution in [-0.4, -0.2) is 41.1 Å². The SMILES string of the molecule is CN=C(NCCc1nccn1Cc1ccccc1)N(C)Cc1ccc(Cl)cc1.I. The lowest BCUT2D eigenvalue weighted by Gasteiger charge is -2.22. The van der Waals surface area contributed by atoms with Crippen molar-refractivity contribution in [3.8, 4) is 0 Å². The van der Waals surface area contributed by atoms with Gasteiger partial charge in [-0.25, -0.2) is 4.98 Å². The fourth-order valence-electron chi connectivity index (χ4n) is 3.10. The Morgan fingerprint density at radius 2 is 1.83 bits per heavy atom. The summed E-state index contributed by atoms with van der Waals surface area (Å²) in [5, 5.41) is 4.18. The molecule has 5 nitrogen and oxygen atoms in total. The van der Waals surface area contributed by atoms with Gasteiger partial charge in [-0.05, 0) is 23.3 Å². The van der Waals surface area contributed by atoms with Crippen LogP contribution >= 0.6 is 35.6 Å². The van der Waals surface area contributed by atoms with Crippen molar-refractivity contribution in [3.05, 3.63) is 89.0 Å². The van der Waals surface area contributed by atoms with Crippen LogP contribution in [0.5, 0.6) is 0 Å². The third kappa shape index (κ3) is 7.04. The number of nitrogens with one attached hydrogen (secondary N) is 1. The summed E-state index contributed by atoms with van der Waals surface area (Å²) in [5.41, 5.74) is 2.46. The van der Waals surface area contributed by atoms with Crippen molar-refractivity contribution in [2.45, 2.75) is 19.5 Å². The summed E-state index contributed by atoms with van der Waals surface area (Å²) in [6, 6.07) is 18.3. The zero-order valence-corrected chi connectivity index (χ0v) is 19.8. The van der Waals surface area contributed by atoms with Crippen LogP contribution < -0.4 is 5.32 Å². The fraction of sp³-hybridized carbons (Fsp3) is 0.273. The second-order valence-electron chi connectivity index (χ2n) is 6.66. The smallest absolute Gasteiger partial charge is 0.193 e. The fourth-order valence-corrected chi connectivity index (χ4v) is 3.23. The summed E-state index contributed by atoms with van der Waals surface area (Å²) < 4.78 is 2.19. The van der Waals surface area contributed by atoms with Gasteiger partial charge in [0.25, 0.3) is 0 Å². The van der Waals surface area contributed by atoms with Crippen LogP contribution in [-0.2, 0) is 19.5 Å². The van der Waals surface area contributed by atoms with Crippen LogP contribution in [0.3, 0.4) is 0 Å². The molecule has 0 bridgehead atoms. The number of rotatable bonds is 7. The standard InChI is InChI=1S/C22H26ClN5.HI/c1-24-22(27(2)16-19-8-10-20(23)11-9-19)26-13-12-21-25-14-15-28(21)17-18-6-4-3-5-7-18;/h3-11,14-15H,12-13,16-17H2,1-2H3,(H,24,26);1H. The number of imidazole rings is 1. The Kier molecular flexibility index (Phi) is 9.47. The molecule has 0 spiro atoms. The van der Waals surface area contributed by atoms with Crippen LogP contribution in [0.15, 0.2) is 72.0 Å². The maximum absolute atomic E-state index is 5.96. The minimum absolute atomic E-state index is 0. The van der Waals surface area contributed by atoms with Gasteiger partial charge in [0.2, 0.25) is 0 Å². The summed E-state index contributed by atoms with van der Waals surface area (Å²) in [5.74, 6) is 1.92. The van der Waals surface area contributed by atoms with Crippen LogP contribution in [0.25, 0.3) is 0 Å². The Bertz CT molecular complexity index is 893. The number of nitrogens with zero attached hydrogens (tertiary/aromatic N) is 4. The zero-order chi connectivity index (χ0) is 19.8. The van der Waals surface area contributed by atoms with E-state index in [9.17, 15) is 0 Å². The van der Waals surface area contributed by atoms with Crippen molar-refractivity contribution in [1.29, 1.82) is 0 Å². The third-order valence-corrected chi connectivity index (χ3v) is 4.79. The highest BCUT2D eigenvalue weighted by atomic mass is 127. The molecule has 0 radical (unpaired) electrons. The number of halogens is 2. The van der Waals surface area contributed by atoms with Gasteiger partial charge >= 0.3 is 0 Å². The maximum Gasteiger partial charge on any atom is 0.193 e. The van der Waals surface area contributed by atoms with Crippen molar-refractivity contribution < 1.29 is 0 Å². The molecule has 3 aromatic rings. The average Bonchev–Trinajstić information content (AvgIpc) is 3.14. The number of benzene rings is 2. The molecule has 29 heavy (non-hydrogen) atoms. The lowest BCUT2D eigenvalue weighted by atomic mass is 10.2. The molecule has 0 aliphatic rings. The molecule has 0 saturated heterocycles. The Morgan fingerprint density at radius 1 is 1.10 bits per heavy atom. The van der Waals surface area contributed by atoms with E-state index in [1.807, 2.05) is 49.8 Å². The molecule has 3 rings (SSSR count). The highest BCUT2D eigenvalue weighted by Crippen LogP contribution is 2.11. The number of hydrogen-bond donors (Lipinski definition) is 1. The van der Waals surface area contributed by atoms with Crippen molar-refractivity contribution in [3.63, 3.8) is 0 Å². The molecule has 7 heteroatoms. The Hall–Kier alpha value is -2.06. The lowest BCUT2D eigenvalue weighted by Crippen LogP contribution is -2.39. The summed E-state index contributed by atoms with van der Waals surface area (Å²) in [7, 11) is 3.83. The molecule has 0 saturated carbocycles. The zero-order valence-electron chi connectivity index (χ0n) is 16.8. The van der Waals surface area contributed by atoms with Crippen LogP contribution in [0.2, 0.25) is 5.02 Å². The predicted molar refractivity (Wildman–Crippen MR) is 131 cm³/mol. The highest BCUT2D eigenvalue weighted by Gasteiger charge is 2.08. The number of hydrogen-bond acceptors (Lipinski definition) is 2. The minimum atomic E-state index is 0. The van der Waals surface area contributed by atoms with Gasteiger partial charge in [0.05, 0.1) is 0 Å². The molecule has 0 atom stereocenters. The summed E-state index contributed by atoms with van der Waals surface area (Å²) >= 11 is 5.96. The van der Waals surface area contributed by atoms with E-state index in [-0.39, 0.29) is 24.0 Å². The topological polar surface area (TPSA) is 45.5 Å². The van der Waals surface area contributed by atoms with E-state index in [1.54, 1.807) is 7.05 Å². The van der Waals surface area contributed by atoms with Gasteiger partial charge in [0.1, 0.15) is 5.82 Å². The summed E-state index contributed by atoms with van der Waals surface area (Å²) in [4.78, 5) is 11.0. The van der Waals surface area contributed by atoms with Crippen molar-refractivity contribution in [1.82, 2.24) is 19.8 Å². The molecule has 1 heterocycles. The number of guanidine groups is 1. The minimum Gasteiger partial charge on any atom is -0.356 e. The molecule has 1 aromatic heterocycles. The Balaban J connectivity index is 0.00000300. The monoisotopic (exact) mass is 523 g/mol. The highest BCUT2D eigenvalue weighted by molar-refractivity contribution is 14.0. The van der Waals surface area contributed by atoms with Crippen LogP contribution in [0.4, 0.5) is 0 Å². The van der Waals surface area contributed by atoms with Gasteiger partial charge in [-0.15, -0.1) is 24.0 Å². The molecule has 0 aliphatic carbocycles. The largest absolute Gasteiger partial charge is 0.356 e. The molecule has 154 valence electrons. The van der Waals surface area contributed by atoms with E-state index >= 15 is 0 Å². The first-order valence-corrected chi connectivity index (χ1v) is 9.73. The maximum atomic E-state index is 5.96. The van der Waals surface area contributed by atoms with E-state index in [0.717, 1.165) is 42.9 Å². The molecular formula is C22H27ClIN5. The third-order valence-electron chi connectivity index (χ3n) is 4.54.